The van der Waals surface area contributed by atoms with E-state index in [-0.39, 0.29) is 6.04 Å². The van der Waals surface area contributed by atoms with Crippen LogP contribution in [0.1, 0.15) is 6.42 Å². The molecule has 0 spiro atoms. The molecule has 1 aromatic carbocycles. The third-order valence-electron chi connectivity index (χ3n) is 2.70. The molecule has 0 radical (unpaired) electrons. The van der Waals surface area contributed by atoms with E-state index in [1.54, 1.807) is 12.2 Å². The number of nitrogens with one attached hydrogen (secondary N) is 1. The number of anilines is 1. The Balaban J connectivity index is 2.15. The molecular weight excluding hydrogens is 245 g/mol. The van der Waals surface area contributed by atoms with E-state index in [0.717, 1.165) is 6.07 Å². The van der Waals surface area contributed by atoms with Gasteiger partial charge in [0.2, 0.25) is 5.91 Å². The second-order valence-electron chi connectivity index (χ2n) is 4.13. The Hall–Kier alpha value is -1.82. The number of carbonyl (C=O) groups excluding carboxylic acids is 1. The van der Waals surface area contributed by atoms with Gasteiger partial charge >= 0.3 is 0 Å². The van der Waals surface area contributed by atoms with Crippen molar-refractivity contribution in [2.45, 2.75) is 12.5 Å². The highest BCUT2D eigenvalue weighted by atomic mass is 19.2. The largest absolute Gasteiger partial charge is 0.324 e. The first kappa shape index (κ1) is 12.6. The molecular formula is C12H11F3N2O. The minimum Gasteiger partial charge on any atom is -0.324 e. The first-order valence-electron chi connectivity index (χ1n) is 5.36. The van der Waals surface area contributed by atoms with E-state index in [2.05, 4.69) is 5.32 Å². The van der Waals surface area contributed by atoms with Gasteiger partial charge in [-0.25, -0.2) is 13.2 Å². The number of hydrogen-bond acceptors (Lipinski definition) is 2. The third kappa shape index (κ3) is 2.53. The molecule has 0 bridgehead atoms. The standard InChI is InChI=1S/C12H11F3N2O/c13-7-4-9(14)11(15)10(5-7)17-12(18)6-1-2-8(16)3-6/h1-2,4-6,8H,3,16H2,(H,17,18). The van der Waals surface area contributed by atoms with E-state index in [9.17, 15) is 18.0 Å². The van der Waals surface area contributed by atoms with E-state index < -0.39 is 35.0 Å². The first-order chi connectivity index (χ1) is 8.47. The van der Waals surface area contributed by atoms with E-state index in [1.165, 1.54) is 0 Å². The van der Waals surface area contributed by atoms with Crippen LogP contribution in [-0.4, -0.2) is 11.9 Å². The fourth-order valence-electron chi connectivity index (χ4n) is 1.79. The van der Waals surface area contributed by atoms with Crippen LogP contribution in [0.4, 0.5) is 18.9 Å². The predicted molar refractivity (Wildman–Crippen MR) is 60.2 cm³/mol. The third-order valence-corrected chi connectivity index (χ3v) is 2.70. The summed E-state index contributed by atoms with van der Waals surface area (Å²) in [6.45, 7) is 0. The van der Waals surface area contributed by atoms with Crippen molar-refractivity contribution in [2.24, 2.45) is 11.7 Å². The number of nitrogens with two attached hydrogens (primary N) is 1. The number of rotatable bonds is 2. The molecule has 3 nitrogen and oxygen atoms in total. The van der Waals surface area contributed by atoms with Gasteiger partial charge in [-0.2, -0.15) is 0 Å². The average Bonchev–Trinajstić information content (AvgIpc) is 2.72. The molecule has 0 saturated heterocycles. The molecule has 2 rings (SSSR count). The molecule has 0 saturated carbocycles. The molecule has 3 N–H and O–H groups in total. The minimum absolute atomic E-state index is 0.227. The van der Waals surface area contributed by atoms with Crippen LogP contribution < -0.4 is 11.1 Å². The number of amides is 1. The van der Waals surface area contributed by atoms with Crippen LogP contribution in [0.3, 0.4) is 0 Å². The van der Waals surface area contributed by atoms with Gasteiger partial charge in [0.25, 0.3) is 0 Å². The van der Waals surface area contributed by atoms with Crippen molar-refractivity contribution < 1.29 is 18.0 Å². The molecule has 1 aromatic rings. The van der Waals surface area contributed by atoms with E-state index in [1.807, 2.05) is 0 Å². The van der Waals surface area contributed by atoms with Crippen molar-refractivity contribution in [3.8, 4) is 0 Å². The molecule has 0 aliphatic heterocycles. The molecule has 96 valence electrons. The molecule has 2 atom stereocenters. The summed E-state index contributed by atoms with van der Waals surface area (Å²) in [5, 5.41) is 2.15. The Labute approximate surface area is 101 Å². The van der Waals surface area contributed by atoms with Crippen molar-refractivity contribution in [1.29, 1.82) is 0 Å². The monoisotopic (exact) mass is 256 g/mol. The maximum Gasteiger partial charge on any atom is 0.231 e. The van der Waals surface area contributed by atoms with Gasteiger partial charge in [0.1, 0.15) is 5.82 Å². The summed E-state index contributed by atoms with van der Waals surface area (Å²) in [7, 11) is 0. The van der Waals surface area contributed by atoms with Crippen molar-refractivity contribution in [1.82, 2.24) is 0 Å². The Morgan fingerprint density at radius 3 is 2.61 bits per heavy atom. The van der Waals surface area contributed by atoms with Gasteiger partial charge in [-0.05, 0) is 6.42 Å². The summed E-state index contributed by atoms with van der Waals surface area (Å²) in [4.78, 5) is 11.7. The van der Waals surface area contributed by atoms with Crippen LogP contribution in [-0.2, 0) is 4.79 Å². The van der Waals surface area contributed by atoms with Crippen LogP contribution in [0, 0.1) is 23.4 Å². The van der Waals surface area contributed by atoms with Gasteiger partial charge in [0.15, 0.2) is 11.6 Å². The molecule has 0 heterocycles. The molecule has 1 aliphatic carbocycles. The molecule has 1 aliphatic rings. The molecule has 2 unspecified atom stereocenters. The fraction of sp³-hybridized carbons (Fsp3) is 0.250. The van der Waals surface area contributed by atoms with Crippen LogP contribution in [0.2, 0.25) is 0 Å². The van der Waals surface area contributed by atoms with Gasteiger partial charge in [-0.3, -0.25) is 4.79 Å². The van der Waals surface area contributed by atoms with Crippen LogP contribution in [0.5, 0.6) is 0 Å². The molecule has 6 heteroatoms. The zero-order valence-corrected chi connectivity index (χ0v) is 9.29. The predicted octanol–water partition coefficient (Wildman–Crippen LogP) is 1.95. The number of halogens is 3. The lowest BCUT2D eigenvalue weighted by molar-refractivity contribution is -0.118. The normalized spacial score (nSPS) is 22.2. The van der Waals surface area contributed by atoms with E-state index in [4.69, 9.17) is 5.73 Å². The SMILES string of the molecule is NC1C=CC(C(=O)Nc2cc(F)cc(F)c2F)C1. The summed E-state index contributed by atoms with van der Waals surface area (Å²) in [6.07, 6.45) is 3.64. The Morgan fingerprint density at radius 1 is 1.28 bits per heavy atom. The van der Waals surface area contributed by atoms with Crippen LogP contribution >= 0.6 is 0 Å². The lowest BCUT2D eigenvalue weighted by atomic mass is 10.1. The smallest absolute Gasteiger partial charge is 0.231 e. The summed E-state index contributed by atoms with van der Waals surface area (Å²) < 4.78 is 39.1. The maximum atomic E-state index is 13.3. The van der Waals surface area contributed by atoms with Gasteiger partial charge in [-0.15, -0.1) is 0 Å². The molecule has 18 heavy (non-hydrogen) atoms. The lowest BCUT2D eigenvalue weighted by Crippen LogP contribution is -2.24. The number of hydrogen-bond donors (Lipinski definition) is 2. The summed E-state index contributed by atoms with van der Waals surface area (Å²) in [5.41, 5.74) is 5.07. The molecule has 1 amide bonds. The average molecular weight is 256 g/mol. The van der Waals surface area contributed by atoms with Crippen molar-refractivity contribution in [2.75, 3.05) is 5.32 Å². The maximum absolute atomic E-state index is 13.3. The number of carbonyl (C=O) groups is 1. The Kier molecular flexibility index (Phi) is 3.38. The van der Waals surface area contributed by atoms with Crippen LogP contribution in [0.15, 0.2) is 24.3 Å². The van der Waals surface area contributed by atoms with Crippen molar-refractivity contribution in [3.63, 3.8) is 0 Å². The highest BCUT2D eigenvalue weighted by Crippen LogP contribution is 2.22. The lowest BCUT2D eigenvalue weighted by Gasteiger charge is -2.11. The summed E-state index contributed by atoms with van der Waals surface area (Å²) in [5.74, 6) is -4.63. The second kappa shape index (κ2) is 4.81. The van der Waals surface area contributed by atoms with Crippen LogP contribution in [0.25, 0.3) is 0 Å². The van der Waals surface area contributed by atoms with Gasteiger partial charge in [0.05, 0.1) is 11.6 Å². The topological polar surface area (TPSA) is 55.1 Å². The Bertz CT molecular complexity index is 516. The highest BCUT2D eigenvalue weighted by molar-refractivity contribution is 5.94. The van der Waals surface area contributed by atoms with Crippen molar-refractivity contribution >= 4 is 11.6 Å². The Morgan fingerprint density at radius 2 is 2.00 bits per heavy atom. The molecule has 0 fully saturated rings. The van der Waals surface area contributed by atoms with Gasteiger partial charge in [-0.1, -0.05) is 12.2 Å². The zero-order valence-electron chi connectivity index (χ0n) is 9.29. The van der Waals surface area contributed by atoms with Gasteiger partial charge < -0.3 is 11.1 Å². The quantitative estimate of drug-likeness (QED) is 0.627. The number of benzene rings is 1. The zero-order chi connectivity index (χ0) is 13.3. The van der Waals surface area contributed by atoms with E-state index in [0.29, 0.717) is 12.5 Å². The van der Waals surface area contributed by atoms with E-state index >= 15 is 0 Å². The summed E-state index contributed by atoms with van der Waals surface area (Å²) >= 11 is 0. The second-order valence-corrected chi connectivity index (χ2v) is 4.13. The molecule has 0 aromatic heterocycles. The van der Waals surface area contributed by atoms with Crippen molar-refractivity contribution in [3.05, 3.63) is 41.7 Å². The fourth-order valence-corrected chi connectivity index (χ4v) is 1.79. The minimum atomic E-state index is -1.34. The first-order valence-corrected chi connectivity index (χ1v) is 5.36. The summed E-state index contributed by atoms with van der Waals surface area (Å²) in [6, 6.07) is 0.917. The van der Waals surface area contributed by atoms with Gasteiger partial charge in [0, 0.05) is 18.2 Å². The highest BCUT2D eigenvalue weighted by Gasteiger charge is 2.24.